The first-order valence-corrected chi connectivity index (χ1v) is 11.0. The monoisotopic (exact) mass is 356 g/mol. The van der Waals surface area contributed by atoms with Crippen molar-refractivity contribution in [1.82, 2.24) is 10.6 Å². The first-order chi connectivity index (χ1) is 12.2. The third-order valence-electron chi connectivity index (χ3n) is 9.00. The Morgan fingerprint density at radius 1 is 1.08 bits per heavy atom. The molecule has 1 aliphatic heterocycles. The Morgan fingerprint density at radius 3 is 2.65 bits per heavy atom. The van der Waals surface area contributed by atoms with Crippen molar-refractivity contribution in [2.75, 3.05) is 0 Å². The summed E-state index contributed by atoms with van der Waals surface area (Å²) in [5.74, 6) is 3.69. The molecule has 1 spiro atoms. The van der Waals surface area contributed by atoms with Crippen molar-refractivity contribution >= 4 is 5.91 Å². The van der Waals surface area contributed by atoms with Gasteiger partial charge in [0.1, 0.15) is 0 Å². The molecule has 144 valence electrons. The summed E-state index contributed by atoms with van der Waals surface area (Å²) in [6.45, 7) is 9.34. The highest BCUT2D eigenvalue weighted by atomic mass is 16.1. The van der Waals surface area contributed by atoms with Gasteiger partial charge < -0.3 is 10.6 Å². The minimum atomic E-state index is 0.175. The topological polar surface area (TPSA) is 41.1 Å². The number of carbonyl (C=O) groups excluding carboxylic acids is 1. The van der Waals surface area contributed by atoms with Crippen molar-refractivity contribution in [2.24, 2.45) is 34.5 Å². The maximum atomic E-state index is 11.9. The average molecular weight is 357 g/mol. The SMILES string of the molecule is CC(C)(C)NC1=CC23CCC4C(CCC5NC(=O)CCC54C)C2CCC13. The second kappa shape index (κ2) is 5.29. The summed E-state index contributed by atoms with van der Waals surface area (Å²) >= 11 is 0. The number of piperidine rings is 1. The van der Waals surface area contributed by atoms with Crippen LogP contribution in [0.5, 0.6) is 0 Å². The number of allylic oxidation sites excluding steroid dienone is 2. The smallest absolute Gasteiger partial charge is 0.220 e. The Hall–Kier alpha value is -0.990. The van der Waals surface area contributed by atoms with Gasteiger partial charge in [0, 0.05) is 35.0 Å². The molecule has 5 rings (SSSR count). The highest BCUT2D eigenvalue weighted by molar-refractivity contribution is 5.77. The van der Waals surface area contributed by atoms with Gasteiger partial charge in [0.25, 0.3) is 0 Å². The first kappa shape index (κ1) is 17.1. The van der Waals surface area contributed by atoms with E-state index in [9.17, 15) is 4.79 Å². The van der Waals surface area contributed by atoms with Crippen LogP contribution in [-0.4, -0.2) is 17.5 Å². The molecule has 0 aromatic carbocycles. The van der Waals surface area contributed by atoms with Crippen LogP contribution < -0.4 is 10.6 Å². The number of amides is 1. The van der Waals surface area contributed by atoms with Gasteiger partial charge in [0.15, 0.2) is 0 Å². The lowest BCUT2D eigenvalue weighted by atomic mass is 9.44. The third kappa shape index (κ3) is 2.21. The van der Waals surface area contributed by atoms with Crippen molar-refractivity contribution in [3.8, 4) is 0 Å². The summed E-state index contributed by atoms with van der Waals surface area (Å²) in [5.41, 5.74) is 2.57. The van der Waals surface area contributed by atoms with Crippen LogP contribution in [0.1, 0.15) is 79.1 Å². The van der Waals surface area contributed by atoms with Crippen LogP contribution in [0, 0.1) is 34.5 Å². The van der Waals surface area contributed by atoms with Gasteiger partial charge in [-0.2, -0.15) is 0 Å². The van der Waals surface area contributed by atoms with E-state index in [2.05, 4.69) is 44.4 Å². The second-order valence-corrected chi connectivity index (χ2v) is 11.3. The molecule has 1 saturated heterocycles. The van der Waals surface area contributed by atoms with Gasteiger partial charge in [-0.05, 0) is 88.9 Å². The lowest BCUT2D eigenvalue weighted by molar-refractivity contribution is -0.136. The fourth-order valence-electron chi connectivity index (χ4n) is 8.00. The molecule has 1 heterocycles. The number of hydrogen-bond donors (Lipinski definition) is 2. The van der Waals surface area contributed by atoms with E-state index in [0.29, 0.717) is 22.8 Å². The second-order valence-electron chi connectivity index (χ2n) is 11.3. The molecule has 2 N–H and O–H groups in total. The molecule has 0 aromatic heterocycles. The summed E-state index contributed by atoms with van der Waals surface area (Å²) < 4.78 is 0. The van der Waals surface area contributed by atoms with Gasteiger partial charge in [-0.1, -0.05) is 13.0 Å². The first-order valence-electron chi connectivity index (χ1n) is 11.0. The van der Waals surface area contributed by atoms with Crippen LogP contribution in [0.4, 0.5) is 0 Å². The summed E-state index contributed by atoms with van der Waals surface area (Å²) in [7, 11) is 0. The van der Waals surface area contributed by atoms with E-state index >= 15 is 0 Å². The Bertz CT molecular complexity index is 662. The molecule has 3 heteroatoms. The van der Waals surface area contributed by atoms with E-state index < -0.39 is 0 Å². The summed E-state index contributed by atoms with van der Waals surface area (Å²) in [6, 6.07) is 0.436. The van der Waals surface area contributed by atoms with Crippen LogP contribution in [0.15, 0.2) is 11.8 Å². The maximum Gasteiger partial charge on any atom is 0.220 e. The number of nitrogens with one attached hydrogen (secondary N) is 2. The van der Waals surface area contributed by atoms with Crippen molar-refractivity contribution in [3.05, 3.63) is 11.8 Å². The van der Waals surface area contributed by atoms with Crippen LogP contribution in [-0.2, 0) is 4.79 Å². The maximum absolute atomic E-state index is 11.9. The Balaban J connectivity index is 1.40. The quantitative estimate of drug-likeness (QED) is 0.731. The highest BCUT2D eigenvalue weighted by Gasteiger charge is 2.64. The molecular formula is C23H36N2O. The van der Waals surface area contributed by atoms with E-state index in [1.165, 1.54) is 38.5 Å². The molecule has 7 unspecified atom stereocenters. The van der Waals surface area contributed by atoms with Crippen LogP contribution in [0.25, 0.3) is 0 Å². The van der Waals surface area contributed by atoms with E-state index in [1.54, 1.807) is 5.70 Å². The van der Waals surface area contributed by atoms with E-state index in [1.807, 2.05) is 0 Å². The Kier molecular flexibility index (Phi) is 3.49. The Morgan fingerprint density at radius 2 is 1.88 bits per heavy atom. The molecule has 0 bridgehead atoms. The fourth-order valence-corrected chi connectivity index (χ4v) is 8.00. The molecular weight excluding hydrogens is 320 g/mol. The van der Waals surface area contributed by atoms with Crippen molar-refractivity contribution in [3.63, 3.8) is 0 Å². The molecule has 3 saturated carbocycles. The lowest BCUT2D eigenvalue weighted by Gasteiger charge is -2.62. The number of rotatable bonds is 1. The predicted octanol–water partition coefficient (Wildman–Crippen LogP) is 4.39. The summed E-state index contributed by atoms with van der Waals surface area (Å²) in [6.07, 6.45) is 12.6. The van der Waals surface area contributed by atoms with Crippen LogP contribution in [0.2, 0.25) is 0 Å². The fraction of sp³-hybridized carbons (Fsp3) is 0.870. The predicted molar refractivity (Wildman–Crippen MR) is 104 cm³/mol. The molecule has 4 fully saturated rings. The van der Waals surface area contributed by atoms with Gasteiger partial charge >= 0.3 is 0 Å². The molecule has 0 radical (unpaired) electrons. The minimum Gasteiger partial charge on any atom is -0.384 e. The molecule has 5 aliphatic rings. The van der Waals surface area contributed by atoms with Gasteiger partial charge in [0.05, 0.1) is 0 Å². The number of fused-ring (bicyclic) bond motifs is 4. The van der Waals surface area contributed by atoms with Gasteiger partial charge in [-0.3, -0.25) is 4.79 Å². The highest BCUT2D eigenvalue weighted by Crippen LogP contribution is 2.70. The molecule has 7 atom stereocenters. The minimum absolute atomic E-state index is 0.175. The zero-order valence-electron chi connectivity index (χ0n) is 17.0. The zero-order chi connectivity index (χ0) is 18.3. The third-order valence-corrected chi connectivity index (χ3v) is 9.00. The number of carbonyl (C=O) groups is 1. The van der Waals surface area contributed by atoms with Gasteiger partial charge in [0.2, 0.25) is 5.91 Å². The van der Waals surface area contributed by atoms with Gasteiger partial charge in [-0.15, -0.1) is 0 Å². The molecule has 3 nitrogen and oxygen atoms in total. The molecule has 0 aromatic rings. The van der Waals surface area contributed by atoms with E-state index in [4.69, 9.17) is 0 Å². The Labute approximate surface area is 158 Å². The van der Waals surface area contributed by atoms with E-state index in [-0.39, 0.29) is 5.54 Å². The molecule has 4 aliphatic carbocycles. The number of hydrogen-bond acceptors (Lipinski definition) is 2. The standard InChI is InChI=1S/C23H36N2O/c1-21(2,3)25-18-13-23-12-9-15-14(16(23)6-7-17(18)23)5-8-19-22(15,4)11-10-20(26)24-19/h13-17,19,25H,5-12H2,1-4H3,(H,24,26). The summed E-state index contributed by atoms with van der Waals surface area (Å²) in [4.78, 5) is 11.9. The largest absolute Gasteiger partial charge is 0.384 e. The van der Waals surface area contributed by atoms with Crippen molar-refractivity contribution in [1.29, 1.82) is 0 Å². The van der Waals surface area contributed by atoms with Crippen molar-refractivity contribution < 1.29 is 4.79 Å². The van der Waals surface area contributed by atoms with Gasteiger partial charge in [-0.25, -0.2) is 0 Å². The van der Waals surface area contributed by atoms with E-state index in [0.717, 1.165) is 36.5 Å². The average Bonchev–Trinajstić information content (AvgIpc) is 2.85. The zero-order valence-corrected chi connectivity index (χ0v) is 17.0. The molecule has 1 amide bonds. The normalized spacial score (nSPS) is 49.6. The summed E-state index contributed by atoms with van der Waals surface area (Å²) in [5, 5.41) is 7.15. The van der Waals surface area contributed by atoms with Crippen LogP contribution in [0.3, 0.4) is 0 Å². The lowest BCUT2D eigenvalue weighted by Crippen LogP contribution is -2.62. The molecule has 26 heavy (non-hydrogen) atoms. The van der Waals surface area contributed by atoms with Crippen LogP contribution >= 0.6 is 0 Å². The van der Waals surface area contributed by atoms with Crippen molar-refractivity contribution in [2.45, 2.75) is 90.6 Å².